The molecule has 2 aromatic carbocycles. The van der Waals surface area contributed by atoms with Gasteiger partial charge in [0, 0.05) is 0 Å². The number of hydrazine groups is 1. The van der Waals surface area contributed by atoms with Crippen LogP contribution in [0.4, 0.5) is 5.69 Å². The van der Waals surface area contributed by atoms with Crippen molar-refractivity contribution in [2.75, 3.05) is 4.03 Å². The van der Waals surface area contributed by atoms with Gasteiger partial charge in [0.05, 0.1) is 26.9 Å². The molecule has 4 heteroatoms. The number of halogens is 2. The van der Waals surface area contributed by atoms with E-state index in [1.807, 2.05) is 36.4 Å². The van der Waals surface area contributed by atoms with E-state index >= 15 is 0 Å². The standard InChI is InChI=1S/C13H12BrClN2/c14-17(16)13-7-6-11(9-12(13)15)8-10-4-2-1-3-5-10/h1-7,9H,8,16H2. The summed E-state index contributed by atoms with van der Waals surface area (Å²) in [7, 11) is 0. The second kappa shape index (κ2) is 5.54. The van der Waals surface area contributed by atoms with Crippen LogP contribution >= 0.6 is 27.7 Å². The summed E-state index contributed by atoms with van der Waals surface area (Å²) in [5, 5.41) is 0.637. The van der Waals surface area contributed by atoms with E-state index in [-0.39, 0.29) is 0 Å². The van der Waals surface area contributed by atoms with Crippen LogP contribution in [0.3, 0.4) is 0 Å². The van der Waals surface area contributed by atoms with Crippen molar-refractivity contribution in [3.63, 3.8) is 0 Å². The zero-order valence-electron chi connectivity index (χ0n) is 9.11. The van der Waals surface area contributed by atoms with Gasteiger partial charge in [-0.05, 0) is 29.7 Å². The van der Waals surface area contributed by atoms with Gasteiger partial charge >= 0.3 is 0 Å². The molecule has 88 valence electrons. The zero-order valence-corrected chi connectivity index (χ0v) is 11.4. The van der Waals surface area contributed by atoms with E-state index in [4.69, 9.17) is 17.4 Å². The summed E-state index contributed by atoms with van der Waals surface area (Å²) in [5.41, 5.74) is 3.18. The first-order valence-electron chi connectivity index (χ1n) is 5.20. The van der Waals surface area contributed by atoms with Crippen LogP contribution < -0.4 is 9.88 Å². The molecular formula is C13H12BrClN2. The van der Waals surface area contributed by atoms with E-state index in [1.54, 1.807) is 0 Å². The molecule has 0 fully saturated rings. The highest BCUT2D eigenvalue weighted by molar-refractivity contribution is 9.10. The minimum atomic E-state index is 0.637. The summed E-state index contributed by atoms with van der Waals surface area (Å²) >= 11 is 9.29. The van der Waals surface area contributed by atoms with Crippen LogP contribution in [0.2, 0.25) is 5.02 Å². The molecular weight excluding hydrogens is 300 g/mol. The number of nitrogens with two attached hydrogens (primary N) is 1. The number of hydrogen-bond donors (Lipinski definition) is 1. The first kappa shape index (κ1) is 12.4. The van der Waals surface area contributed by atoms with Gasteiger partial charge in [-0.2, -0.15) is 0 Å². The lowest BCUT2D eigenvalue weighted by molar-refractivity contribution is 1.18. The molecule has 2 aromatic rings. The van der Waals surface area contributed by atoms with Crippen molar-refractivity contribution < 1.29 is 0 Å². The lowest BCUT2D eigenvalue weighted by Gasteiger charge is -2.12. The first-order valence-corrected chi connectivity index (χ1v) is 6.28. The molecule has 0 saturated carbocycles. The topological polar surface area (TPSA) is 29.3 Å². The molecule has 0 heterocycles. The molecule has 0 amide bonds. The molecule has 0 aliphatic carbocycles. The average molecular weight is 312 g/mol. The second-order valence-corrected chi connectivity index (χ2v) is 4.93. The molecule has 2 nitrogen and oxygen atoms in total. The predicted octanol–water partition coefficient (Wildman–Crippen LogP) is 3.92. The molecule has 0 aromatic heterocycles. The number of anilines is 1. The maximum absolute atomic E-state index is 6.14. The van der Waals surface area contributed by atoms with E-state index in [0.717, 1.165) is 12.1 Å². The van der Waals surface area contributed by atoms with Gasteiger partial charge in [-0.15, -0.1) is 0 Å². The van der Waals surface area contributed by atoms with Crippen molar-refractivity contribution in [3.8, 4) is 0 Å². The van der Waals surface area contributed by atoms with Crippen LogP contribution in [0.25, 0.3) is 0 Å². The molecule has 0 saturated heterocycles. The predicted molar refractivity (Wildman–Crippen MR) is 76.3 cm³/mol. The fourth-order valence-corrected chi connectivity index (χ4v) is 2.37. The van der Waals surface area contributed by atoms with Crippen molar-refractivity contribution in [3.05, 3.63) is 64.7 Å². The van der Waals surface area contributed by atoms with E-state index in [1.165, 1.54) is 15.2 Å². The van der Waals surface area contributed by atoms with Crippen molar-refractivity contribution in [2.45, 2.75) is 6.42 Å². The maximum Gasteiger partial charge on any atom is 0.0832 e. The Morgan fingerprint density at radius 2 is 1.76 bits per heavy atom. The Balaban J connectivity index is 2.21. The van der Waals surface area contributed by atoms with Gasteiger partial charge in [-0.25, -0.2) is 9.88 Å². The monoisotopic (exact) mass is 310 g/mol. The minimum Gasteiger partial charge on any atom is -0.243 e. The highest BCUT2D eigenvalue weighted by Crippen LogP contribution is 2.27. The Bertz CT molecular complexity index is 500. The Morgan fingerprint density at radius 3 is 2.35 bits per heavy atom. The molecule has 2 N–H and O–H groups in total. The van der Waals surface area contributed by atoms with Gasteiger partial charge in [0.15, 0.2) is 0 Å². The van der Waals surface area contributed by atoms with Crippen LogP contribution in [-0.4, -0.2) is 0 Å². The number of nitrogens with zero attached hydrogens (tertiary/aromatic N) is 1. The Morgan fingerprint density at radius 1 is 1.06 bits per heavy atom. The van der Waals surface area contributed by atoms with Crippen LogP contribution in [0.5, 0.6) is 0 Å². The van der Waals surface area contributed by atoms with Crippen LogP contribution in [-0.2, 0) is 6.42 Å². The fraction of sp³-hybridized carbons (Fsp3) is 0.0769. The number of benzene rings is 2. The van der Waals surface area contributed by atoms with Crippen molar-refractivity contribution in [1.29, 1.82) is 0 Å². The van der Waals surface area contributed by atoms with Crippen LogP contribution in [0, 0.1) is 0 Å². The Kier molecular flexibility index (Phi) is 4.05. The fourth-order valence-electron chi connectivity index (χ4n) is 1.67. The third-order valence-corrected chi connectivity index (χ3v) is 3.18. The summed E-state index contributed by atoms with van der Waals surface area (Å²) < 4.78 is 1.33. The lowest BCUT2D eigenvalue weighted by atomic mass is 10.0. The number of rotatable bonds is 3. The summed E-state index contributed by atoms with van der Waals surface area (Å²) in [4.78, 5) is 0. The lowest BCUT2D eigenvalue weighted by Crippen LogP contribution is -2.17. The molecule has 0 unspecified atom stereocenters. The second-order valence-electron chi connectivity index (χ2n) is 3.76. The molecule has 17 heavy (non-hydrogen) atoms. The first-order chi connectivity index (χ1) is 8.16. The zero-order chi connectivity index (χ0) is 12.3. The van der Waals surface area contributed by atoms with Crippen LogP contribution in [0.15, 0.2) is 48.5 Å². The molecule has 2 rings (SSSR count). The Labute approximate surface area is 114 Å². The largest absolute Gasteiger partial charge is 0.243 e. The Hall–Kier alpha value is -1.03. The molecule has 0 radical (unpaired) electrons. The number of hydrogen-bond acceptors (Lipinski definition) is 2. The highest BCUT2D eigenvalue weighted by atomic mass is 79.9. The van der Waals surface area contributed by atoms with E-state index < -0.39 is 0 Å². The summed E-state index contributed by atoms with van der Waals surface area (Å²) in [6.07, 6.45) is 0.869. The van der Waals surface area contributed by atoms with Crippen molar-refractivity contribution in [2.24, 2.45) is 5.84 Å². The summed E-state index contributed by atoms with van der Waals surface area (Å²) in [5.74, 6) is 5.58. The van der Waals surface area contributed by atoms with Crippen LogP contribution in [0.1, 0.15) is 11.1 Å². The highest BCUT2D eigenvalue weighted by Gasteiger charge is 2.05. The quantitative estimate of drug-likeness (QED) is 0.529. The summed E-state index contributed by atoms with van der Waals surface area (Å²) in [6, 6.07) is 16.1. The summed E-state index contributed by atoms with van der Waals surface area (Å²) in [6.45, 7) is 0. The van der Waals surface area contributed by atoms with Crippen molar-refractivity contribution >= 4 is 33.4 Å². The van der Waals surface area contributed by atoms with Gasteiger partial charge in [0.25, 0.3) is 0 Å². The van der Waals surface area contributed by atoms with Crippen molar-refractivity contribution in [1.82, 2.24) is 0 Å². The SMILES string of the molecule is NN(Br)c1ccc(Cc2ccccc2)cc1Cl. The molecule has 0 bridgehead atoms. The van der Waals surface area contributed by atoms with Gasteiger partial charge in [0.1, 0.15) is 0 Å². The van der Waals surface area contributed by atoms with E-state index in [9.17, 15) is 0 Å². The average Bonchev–Trinajstić information content (AvgIpc) is 2.30. The van der Waals surface area contributed by atoms with Gasteiger partial charge in [0.2, 0.25) is 0 Å². The molecule has 0 atom stereocenters. The third kappa shape index (κ3) is 3.22. The minimum absolute atomic E-state index is 0.637. The smallest absolute Gasteiger partial charge is 0.0832 e. The van der Waals surface area contributed by atoms with E-state index in [2.05, 4.69) is 28.3 Å². The normalized spacial score (nSPS) is 10.3. The van der Waals surface area contributed by atoms with Gasteiger partial charge < -0.3 is 0 Å². The van der Waals surface area contributed by atoms with E-state index in [0.29, 0.717) is 5.02 Å². The maximum atomic E-state index is 6.14. The molecule has 0 spiro atoms. The third-order valence-electron chi connectivity index (χ3n) is 2.49. The molecule has 0 aliphatic heterocycles. The van der Waals surface area contributed by atoms with Gasteiger partial charge in [-0.3, -0.25) is 0 Å². The van der Waals surface area contributed by atoms with Gasteiger partial charge in [-0.1, -0.05) is 48.0 Å². The molecule has 0 aliphatic rings.